The van der Waals surface area contributed by atoms with Crippen LogP contribution in [0.3, 0.4) is 0 Å². The predicted octanol–water partition coefficient (Wildman–Crippen LogP) is 4.87. The maximum Gasteiger partial charge on any atom is 0.165 e. The van der Waals surface area contributed by atoms with Crippen LogP contribution in [0.5, 0.6) is 0 Å². The van der Waals surface area contributed by atoms with Gasteiger partial charge in [-0.3, -0.25) is 4.79 Å². The fraction of sp³-hybridized carbons (Fsp3) is 0.565. The fourth-order valence-corrected chi connectivity index (χ4v) is 3.91. The average molecular weight is 367 g/mol. The highest BCUT2D eigenvalue weighted by Crippen LogP contribution is 2.34. The topological polar surface area (TPSA) is 44.1 Å². The van der Waals surface area contributed by atoms with Gasteiger partial charge in [-0.2, -0.15) is 0 Å². The van der Waals surface area contributed by atoms with Crippen LogP contribution in [0.2, 0.25) is 0 Å². The van der Waals surface area contributed by atoms with E-state index < -0.39 is 0 Å². The van der Waals surface area contributed by atoms with Crippen molar-refractivity contribution in [1.82, 2.24) is 9.55 Å². The summed E-state index contributed by atoms with van der Waals surface area (Å²) in [4.78, 5) is 17.4. The number of imidazole rings is 1. The van der Waals surface area contributed by atoms with Crippen LogP contribution in [0, 0.1) is 11.8 Å². The molecule has 1 aromatic heterocycles. The van der Waals surface area contributed by atoms with Crippen molar-refractivity contribution in [1.29, 1.82) is 0 Å². The van der Waals surface area contributed by atoms with Crippen LogP contribution in [-0.4, -0.2) is 28.5 Å². The number of carbonyl (C=O) groups is 1. The minimum absolute atomic E-state index is 0.0230. The molecule has 0 bridgehead atoms. The summed E-state index contributed by atoms with van der Waals surface area (Å²) in [6, 6.07) is 8.01. The summed E-state index contributed by atoms with van der Waals surface area (Å²) >= 11 is 0. The number of ether oxygens (including phenoxy) is 1. The number of hydrogen-bond donors (Lipinski definition) is 0. The molecule has 0 N–H and O–H groups in total. The fourth-order valence-electron chi connectivity index (χ4n) is 3.91. The summed E-state index contributed by atoms with van der Waals surface area (Å²) in [6.07, 6.45) is 6.48. The number of benzene rings is 1. The molecule has 0 spiro atoms. The first-order valence-corrected chi connectivity index (χ1v) is 10.2. The predicted molar refractivity (Wildman–Crippen MR) is 107 cm³/mol. The van der Waals surface area contributed by atoms with Gasteiger partial charge in [0.1, 0.15) is 5.82 Å². The van der Waals surface area contributed by atoms with Crippen molar-refractivity contribution < 1.29 is 9.53 Å². The first kappa shape index (κ1) is 18.4. The van der Waals surface area contributed by atoms with Gasteiger partial charge in [-0.1, -0.05) is 39.0 Å². The quantitative estimate of drug-likeness (QED) is 0.709. The maximum absolute atomic E-state index is 12.4. The zero-order valence-electron chi connectivity index (χ0n) is 16.7. The first-order valence-electron chi connectivity index (χ1n) is 10.2. The third-order valence-corrected chi connectivity index (χ3v) is 5.63. The second-order valence-corrected chi connectivity index (χ2v) is 9.13. The molecule has 0 atom stereocenters. The van der Waals surface area contributed by atoms with E-state index in [9.17, 15) is 4.79 Å². The van der Waals surface area contributed by atoms with Crippen LogP contribution >= 0.6 is 0 Å². The van der Waals surface area contributed by atoms with Gasteiger partial charge in [-0.25, -0.2) is 4.98 Å². The minimum Gasteiger partial charge on any atom is -0.381 e. The first-order chi connectivity index (χ1) is 12.9. The molecule has 1 saturated heterocycles. The van der Waals surface area contributed by atoms with Gasteiger partial charge in [-0.05, 0) is 37.7 Å². The molecule has 1 saturated carbocycles. The van der Waals surface area contributed by atoms with E-state index in [4.69, 9.17) is 9.72 Å². The van der Waals surface area contributed by atoms with Crippen molar-refractivity contribution in [2.45, 2.75) is 58.4 Å². The Bertz CT molecular complexity index is 821. The lowest BCUT2D eigenvalue weighted by Crippen LogP contribution is -2.24. The smallest absolute Gasteiger partial charge is 0.165 e. The SMILES string of the molecule is CC(C)(C)c1nc(-c2cccc(C(=O)C3CC3)c2)cn1CC1CCOCC1. The molecule has 1 aromatic carbocycles. The van der Waals surface area contributed by atoms with Crippen LogP contribution in [0.4, 0.5) is 0 Å². The minimum atomic E-state index is -0.0230. The Morgan fingerprint density at radius 3 is 2.59 bits per heavy atom. The highest BCUT2D eigenvalue weighted by Gasteiger charge is 2.30. The Morgan fingerprint density at radius 2 is 1.93 bits per heavy atom. The number of rotatable bonds is 5. The summed E-state index contributed by atoms with van der Waals surface area (Å²) in [5.41, 5.74) is 2.81. The van der Waals surface area contributed by atoms with Crippen LogP contribution in [-0.2, 0) is 16.7 Å². The van der Waals surface area contributed by atoms with E-state index in [1.165, 1.54) is 0 Å². The van der Waals surface area contributed by atoms with Crippen LogP contribution in [0.1, 0.15) is 62.6 Å². The molecule has 2 aliphatic rings. The number of ketones is 1. The van der Waals surface area contributed by atoms with Gasteiger partial charge in [-0.15, -0.1) is 0 Å². The van der Waals surface area contributed by atoms with Gasteiger partial charge in [0.2, 0.25) is 0 Å². The number of Topliss-reactive ketones (excluding diaryl/α,β-unsaturated/α-hetero) is 1. The van der Waals surface area contributed by atoms with Crippen molar-refractivity contribution in [2.24, 2.45) is 11.8 Å². The molecule has 27 heavy (non-hydrogen) atoms. The Morgan fingerprint density at radius 1 is 1.19 bits per heavy atom. The normalized spacial score (nSPS) is 18.6. The molecule has 1 aliphatic carbocycles. The molecule has 144 valence electrons. The Hall–Kier alpha value is -1.94. The lowest BCUT2D eigenvalue weighted by atomic mass is 9.94. The van der Waals surface area contributed by atoms with E-state index in [-0.39, 0.29) is 17.1 Å². The summed E-state index contributed by atoms with van der Waals surface area (Å²) in [6.45, 7) is 9.36. The van der Waals surface area contributed by atoms with E-state index in [1.807, 2.05) is 18.2 Å². The Kier molecular flexibility index (Phi) is 4.94. The zero-order chi connectivity index (χ0) is 19.0. The summed E-state index contributed by atoms with van der Waals surface area (Å²) in [5.74, 6) is 2.29. The van der Waals surface area contributed by atoms with Crippen molar-refractivity contribution in [2.75, 3.05) is 13.2 Å². The van der Waals surface area contributed by atoms with Crippen molar-refractivity contribution in [3.8, 4) is 11.3 Å². The molecule has 2 fully saturated rings. The lowest BCUT2D eigenvalue weighted by molar-refractivity contribution is 0.0607. The number of hydrogen-bond acceptors (Lipinski definition) is 3. The molecule has 4 rings (SSSR count). The summed E-state index contributed by atoms with van der Waals surface area (Å²) in [5, 5.41) is 0. The molecule has 2 heterocycles. The molecule has 0 amide bonds. The second kappa shape index (κ2) is 7.23. The lowest BCUT2D eigenvalue weighted by Gasteiger charge is -2.25. The third kappa shape index (κ3) is 4.16. The molecule has 0 unspecified atom stereocenters. The third-order valence-electron chi connectivity index (χ3n) is 5.63. The summed E-state index contributed by atoms with van der Waals surface area (Å²) < 4.78 is 7.85. The van der Waals surface area contributed by atoms with Gasteiger partial charge in [0.05, 0.1) is 5.69 Å². The molecule has 4 nitrogen and oxygen atoms in total. The Balaban J connectivity index is 1.64. The number of carbonyl (C=O) groups excluding carboxylic acids is 1. The van der Waals surface area contributed by atoms with Crippen molar-refractivity contribution >= 4 is 5.78 Å². The second-order valence-electron chi connectivity index (χ2n) is 9.13. The van der Waals surface area contributed by atoms with E-state index in [1.54, 1.807) is 0 Å². The zero-order valence-corrected chi connectivity index (χ0v) is 16.7. The standard InChI is InChI=1S/C23H30N2O2/c1-23(2,3)22-24-20(15-25(22)14-16-9-11-27-12-10-16)18-5-4-6-19(13-18)21(26)17-7-8-17/h4-6,13,15-17H,7-12,14H2,1-3H3. The van der Waals surface area contributed by atoms with E-state index in [0.717, 1.165) is 68.1 Å². The molecule has 1 aliphatic heterocycles. The molecule has 4 heteroatoms. The van der Waals surface area contributed by atoms with Crippen LogP contribution < -0.4 is 0 Å². The van der Waals surface area contributed by atoms with Gasteiger partial charge < -0.3 is 9.30 Å². The van der Waals surface area contributed by atoms with Gasteiger partial charge in [0, 0.05) is 48.4 Å². The van der Waals surface area contributed by atoms with E-state index in [2.05, 4.69) is 37.6 Å². The Labute approximate surface area is 161 Å². The number of aromatic nitrogens is 2. The monoisotopic (exact) mass is 366 g/mol. The highest BCUT2D eigenvalue weighted by atomic mass is 16.5. The van der Waals surface area contributed by atoms with Gasteiger partial charge in [0.25, 0.3) is 0 Å². The highest BCUT2D eigenvalue weighted by molar-refractivity contribution is 6.00. The number of nitrogens with zero attached hydrogens (tertiary/aromatic N) is 2. The van der Waals surface area contributed by atoms with E-state index in [0.29, 0.717) is 5.92 Å². The summed E-state index contributed by atoms with van der Waals surface area (Å²) in [7, 11) is 0. The molecular formula is C23H30N2O2. The van der Waals surface area contributed by atoms with Gasteiger partial charge in [0.15, 0.2) is 5.78 Å². The van der Waals surface area contributed by atoms with Crippen molar-refractivity contribution in [3.05, 3.63) is 41.9 Å². The largest absolute Gasteiger partial charge is 0.381 e. The maximum atomic E-state index is 12.4. The van der Waals surface area contributed by atoms with Crippen molar-refractivity contribution in [3.63, 3.8) is 0 Å². The molecule has 0 radical (unpaired) electrons. The van der Waals surface area contributed by atoms with Crippen LogP contribution in [0.25, 0.3) is 11.3 Å². The molecule has 2 aromatic rings. The van der Waals surface area contributed by atoms with Gasteiger partial charge >= 0.3 is 0 Å². The van der Waals surface area contributed by atoms with Crippen LogP contribution in [0.15, 0.2) is 30.5 Å². The van der Waals surface area contributed by atoms with E-state index >= 15 is 0 Å². The molecular weight excluding hydrogens is 336 g/mol. The average Bonchev–Trinajstić information content (AvgIpc) is 3.41.